The summed E-state index contributed by atoms with van der Waals surface area (Å²) in [5.41, 5.74) is 5.29. The molecule has 1 N–H and O–H groups in total. The number of benzene rings is 2. The lowest BCUT2D eigenvalue weighted by Gasteiger charge is -2.33. The van der Waals surface area contributed by atoms with E-state index in [2.05, 4.69) is 12.3 Å². The number of nitrogens with zero attached hydrogens (tertiary/aromatic N) is 4. The van der Waals surface area contributed by atoms with Crippen LogP contribution in [-0.2, 0) is 11.2 Å². The molecule has 1 fully saturated rings. The van der Waals surface area contributed by atoms with Gasteiger partial charge in [0.1, 0.15) is 11.4 Å². The molecule has 1 aromatic heterocycles. The molecular formula is C31H34Cl2FN5O3. The fraction of sp³-hybridized carbons (Fsp3) is 0.387. The first kappa shape index (κ1) is 30.1. The van der Waals surface area contributed by atoms with Gasteiger partial charge in [0.05, 0.1) is 22.1 Å². The molecule has 5 rings (SSSR count). The lowest BCUT2D eigenvalue weighted by molar-refractivity contribution is 0.0351. The van der Waals surface area contributed by atoms with Gasteiger partial charge in [-0.1, -0.05) is 42.3 Å². The molecule has 2 aliphatic heterocycles. The summed E-state index contributed by atoms with van der Waals surface area (Å²) in [7, 11) is 0. The van der Waals surface area contributed by atoms with Crippen molar-refractivity contribution in [2.24, 2.45) is 5.92 Å². The molecule has 0 saturated carbocycles. The number of halogens is 3. The lowest BCUT2D eigenvalue weighted by atomic mass is 9.99. The molecule has 2 aromatic carbocycles. The zero-order valence-electron chi connectivity index (χ0n) is 24.1. The summed E-state index contributed by atoms with van der Waals surface area (Å²) in [6.45, 7) is 9.30. The maximum absolute atomic E-state index is 13.8. The molecule has 8 nitrogen and oxygen atoms in total. The van der Waals surface area contributed by atoms with Gasteiger partial charge in [-0.15, -0.1) is 0 Å². The van der Waals surface area contributed by atoms with Gasteiger partial charge in [0, 0.05) is 30.2 Å². The van der Waals surface area contributed by atoms with Crippen LogP contribution >= 0.6 is 23.2 Å². The number of nitrogens with one attached hydrogen (secondary N) is 1. The minimum absolute atomic E-state index is 0.239. The Morgan fingerprint density at radius 3 is 2.52 bits per heavy atom. The monoisotopic (exact) mass is 613 g/mol. The predicted octanol–water partition coefficient (Wildman–Crippen LogP) is 6.99. The zero-order chi connectivity index (χ0) is 30.2. The number of hydrazine groups is 1. The molecule has 1 atom stereocenters. The van der Waals surface area contributed by atoms with E-state index in [-0.39, 0.29) is 24.0 Å². The summed E-state index contributed by atoms with van der Waals surface area (Å²) in [5, 5.41) is 7.48. The van der Waals surface area contributed by atoms with Gasteiger partial charge in [0.25, 0.3) is 5.91 Å². The molecule has 0 bridgehead atoms. The first-order valence-corrected chi connectivity index (χ1v) is 14.8. The van der Waals surface area contributed by atoms with Crippen LogP contribution in [0.3, 0.4) is 0 Å². The molecule has 11 heteroatoms. The largest absolute Gasteiger partial charge is 0.443 e. The van der Waals surface area contributed by atoms with Gasteiger partial charge in [0.15, 0.2) is 5.69 Å². The Hall–Kier alpha value is -3.40. The molecule has 1 saturated heterocycles. The normalized spacial score (nSPS) is 18.6. The van der Waals surface area contributed by atoms with E-state index in [1.807, 2.05) is 5.01 Å². The van der Waals surface area contributed by atoms with Crippen molar-refractivity contribution in [3.05, 3.63) is 80.8 Å². The quantitative estimate of drug-likeness (QED) is 0.343. The van der Waals surface area contributed by atoms with Crippen molar-refractivity contribution in [3.63, 3.8) is 0 Å². The van der Waals surface area contributed by atoms with E-state index in [1.54, 1.807) is 61.9 Å². The van der Waals surface area contributed by atoms with Gasteiger partial charge in [0.2, 0.25) is 0 Å². The molecule has 2 amide bonds. The Bertz CT molecular complexity index is 1530. The Labute approximate surface area is 255 Å². The molecule has 3 aromatic rings. The highest BCUT2D eigenvalue weighted by Crippen LogP contribution is 2.37. The van der Waals surface area contributed by atoms with E-state index >= 15 is 0 Å². The molecule has 0 aliphatic carbocycles. The number of hydrogen-bond acceptors (Lipinski definition) is 5. The third-order valence-electron chi connectivity index (χ3n) is 7.16. The number of carbonyl (C=O) groups excluding carboxylic acids is 2. The standard InChI is InChI=1S/C31H34Cl2FN5O3/c1-19-6-5-14-37(18-19)36-29(40)27-23-13-15-38(30(41)42-31(2,3)4)26(16-20-7-10-22(34)11-8-20)28(23)39(35-27)25-12-9-21(32)17-24(25)33/h7-12,16-17,19H,5-6,13-15,18H2,1-4H3,(H,36,40)/b26-16-. The van der Waals surface area contributed by atoms with Gasteiger partial charge < -0.3 is 4.74 Å². The van der Waals surface area contributed by atoms with Crippen LogP contribution in [0, 0.1) is 11.7 Å². The number of amides is 2. The first-order chi connectivity index (χ1) is 19.9. The van der Waals surface area contributed by atoms with Gasteiger partial charge in [-0.05, 0) is 87.9 Å². The number of fused-ring (bicyclic) bond motifs is 1. The maximum atomic E-state index is 13.8. The van der Waals surface area contributed by atoms with Crippen LogP contribution in [0.4, 0.5) is 9.18 Å². The first-order valence-electron chi connectivity index (χ1n) is 14.0. The van der Waals surface area contributed by atoms with E-state index in [4.69, 9.17) is 33.0 Å². The molecule has 1 unspecified atom stereocenters. The summed E-state index contributed by atoms with van der Waals surface area (Å²) in [4.78, 5) is 28.8. The number of aromatic nitrogens is 2. The second-order valence-electron chi connectivity index (χ2n) is 11.8. The van der Waals surface area contributed by atoms with E-state index in [9.17, 15) is 14.0 Å². The molecule has 3 heterocycles. The van der Waals surface area contributed by atoms with Crippen molar-refractivity contribution in [3.8, 4) is 5.69 Å². The van der Waals surface area contributed by atoms with Crippen molar-refractivity contribution in [2.75, 3.05) is 19.6 Å². The van der Waals surface area contributed by atoms with Gasteiger partial charge in [-0.2, -0.15) is 5.10 Å². The Kier molecular flexibility index (Phi) is 8.64. The lowest BCUT2D eigenvalue weighted by Crippen LogP contribution is -2.47. The van der Waals surface area contributed by atoms with E-state index in [1.165, 1.54) is 17.0 Å². The number of carbonyl (C=O) groups is 2. The van der Waals surface area contributed by atoms with Crippen LogP contribution in [0.5, 0.6) is 0 Å². The Morgan fingerprint density at radius 2 is 1.86 bits per heavy atom. The second-order valence-corrected chi connectivity index (χ2v) is 12.6. The maximum Gasteiger partial charge on any atom is 0.414 e. The SMILES string of the molecule is CC1CCCN(NC(=O)c2nn(-c3ccc(Cl)cc3Cl)c3c2CCN(C(=O)OC(C)(C)C)/C3=C\c2ccc(F)cc2)C1. The number of ether oxygens (including phenoxy) is 1. The summed E-state index contributed by atoms with van der Waals surface area (Å²) >= 11 is 12.9. The average Bonchev–Trinajstić information content (AvgIpc) is 3.29. The van der Waals surface area contributed by atoms with E-state index < -0.39 is 11.7 Å². The number of hydrogen-bond donors (Lipinski definition) is 1. The van der Waals surface area contributed by atoms with Crippen LogP contribution in [0.25, 0.3) is 17.5 Å². The van der Waals surface area contributed by atoms with Gasteiger partial charge in [-0.25, -0.2) is 18.9 Å². The molecule has 222 valence electrons. The summed E-state index contributed by atoms with van der Waals surface area (Å²) < 4.78 is 21.1. The number of piperidine rings is 1. The topological polar surface area (TPSA) is 79.7 Å². The van der Waals surface area contributed by atoms with E-state index in [0.717, 1.165) is 25.9 Å². The fourth-order valence-corrected chi connectivity index (χ4v) is 5.78. The average molecular weight is 615 g/mol. The molecule has 2 aliphatic rings. The summed E-state index contributed by atoms with van der Waals surface area (Å²) in [6.07, 6.45) is 3.66. The predicted molar refractivity (Wildman–Crippen MR) is 162 cm³/mol. The molecular weight excluding hydrogens is 580 g/mol. The Morgan fingerprint density at radius 1 is 1.12 bits per heavy atom. The highest BCUT2D eigenvalue weighted by atomic mass is 35.5. The van der Waals surface area contributed by atoms with Crippen molar-refractivity contribution in [2.45, 2.75) is 52.6 Å². The minimum Gasteiger partial charge on any atom is -0.443 e. The van der Waals surface area contributed by atoms with Crippen LogP contribution < -0.4 is 5.43 Å². The summed E-state index contributed by atoms with van der Waals surface area (Å²) in [6, 6.07) is 10.9. The van der Waals surface area contributed by atoms with E-state index in [0.29, 0.717) is 50.6 Å². The highest BCUT2D eigenvalue weighted by molar-refractivity contribution is 6.35. The van der Waals surface area contributed by atoms with Crippen molar-refractivity contribution < 1.29 is 18.7 Å². The Balaban J connectivity index is 1.68. The molecule has 0 radical (unpaired) electrons. The smallest absolute Gasteiger partial charge is 0.414 e. The minimum atomic E-state index is -0.741. The molecule has 0 spiro atoms. The van der Waals surface area contributed by atoms with Crippen LogP contribution in [0.1, 0.15) is 67.8 Å². The van der Waals surface area contributed by atoms with Crippen molar-refractivity contribution in [1.29, 1.82) is 0 Å². The zero-order valence-corrected chi connectivity index (χ0v) is 25.6. The third-order valence-corrected chi connectivity index (χ3v) is 7.70. The third kappa shape index (κ3) is 6.64. The van der Waals surface area contributed by atoms with Crippen LogP contribution in [0.2, 0.25) is 10.0 Å². The highest BCUT2D eigenvalue weighted by Gasteiger charge is 2.37. The van der Waals surface area contributed by atoms with Crippen molar-refractivity contribution >= 4 is 47.0 Å². The van der Waals surface area contributed by atoms with Crippen molar-refractivity contribution in [1.82, 2.24) is 25.1 Å². The summed E-state index contributed by atoms with van der Waals surface area (Å²) in [5.74, 6) is -0.253. The van der Waals surface area contributed by atoms with Crippen LogP contribution in [0.15, 0.2) is 42.5 Å². The van der Waals surface area contributed by atoms with Crippen LogP contribution in [-0.4, -0.2) is 56.9 Å². The van der Waals surface area contributed by atoms with Gasteiger partial charge >= 0.3 is 6.09 Å². The second kappa shape index (κ2) is 12.1. The molecule has 42 heavy (non-hydrogen) atoms. The number of rotatable bonds is 4. The van der Waals surface area contributed by atoms with Gasteiger partial charge in [-0.3, -0.25) is 15.1 Å². The fourth-order valence-electron chi connectivity index (χ4n) is 5.29.